The van der Waals surface area contributed by atoms with E-state index < -0.39 is 24.3 Å². The number of fused-ring (bicyclic) bond motifs is 1. The average molecular weight is 528 g/mol. The zero-order valence-corrected chi connectivity index (χ0v) is 19.7. The van der Waals surface area contributed by atoms with Crippen LogP contribution in [0, 0.1) is 6.92 Å². The summed E-state index contributed by atoms with van der Waals surface area (Å²) >= 11 is 0. The molecule has 2 N–H and O–H groups in total. The summed E-state index contributed by atoms with van der Waals surface area (Å²) in [6, 6.07) is 4.10. The number of alkyl halides is 6. The molecule has 0 unspecified atom stereocenters. The lowest BCUT2D eigenvalue weighted by atomic mass is 10.1. The normalized spacial score (nSPS) is 13.8. The van der Waals surface area contributed by atoms with Crippen LogP contribution in [0.5, 0.6) is 0 Å². The van der Waals surface area contributed by atoms with Gasteiger partial charge >= 0.3 is 24.3 Å². The maximum absolute atomic E-state index is 10.6. The Morgan fingerprint density at radius 1 is 1.03 bits per heavy atom. The first kappa shape index (κ1) is 30.7. The van der Waals surface area contributed by atoms with Crippen LogP contribution in [0.25, 0.3) is 0 Å². The molecule has 0 bridgehead atoms. The minimum Gasteiger partial charge on any atom is -0.475 e. The van der Waals surface area contributed by atoms with Crippen molar-refractivity contribution in [3.05, 3.63) is 41.2 Å². The quantitative estimate of drug-likeness (QED) is 0.573. The summed E-state index contributed by atoms with van der Waals surface area (Å²) in [5.74, 6) is -2.41. The number of carbonyl (C=O) groups is 2. The second-order valence-corrected chi connectivity index (χ2v) is 7.53. The van der Waals surface area contributed by atoms with Gasteiger partial charge in [0.05, 0.1) is 12.2 Å². The molecular formula is C21H26F6N4O5. The summed E-state index contributed by atoms with van der Waals surface area (Å²) < 4.78 is 69.2. The van der Waals surface area contributed by atoms with E-state index in [4.69, 9.17) is 24.2 Å². The number of furan rings is 1. The maximum Gasteiger partial charge on any atom is 0.490 e. The zero-order valence-electron chi connectivity index (χ0n) is 19.7. The van der Waals surface area contributed by atoms with Crippen molar-refractivity contribution in [2.24, 2.45) is 0 Å². The number of hydrogen-bond acceptors (Lipinski definition) is 7. The first-order valence-corrected chi connectivity index (χ1v) is 10.5. The van der Waals surface area contributed by atoms with Gasteiger partial charge in [0.1, 0.15) is 23.7 Å². The van der Waals surface area contributed by atoms with E-state index in [0.717, 1.165) is 56.4 Å². The fourth-order valence-corrected chi connectivity index (χ4v) is 2.98. The second-order valence-electron chi connectivity index (χ2n) is 7.53. The average Bonchev–Trinajstić information content (AvgIpc) is 3.07. The predicted octanol–water partition coefficient (Wildman–Crippen LogP) is 3.70. The van der Waals surface area contributed by atoms with Crippen LogP contribution in [0.15, 0.2) is 22.9 Å². The van der Waals surface area contributed by atoms with E-state index >= 15 is 0 Å². The lowest BCUT2D eigenvalue weighted by molar-refractivity contribution is -0.193. The molecule has 0 radical (unpaired) electrons. The Morgan fingerprint density at radius 3 is 2.00 bits per heavy atom. The van der Waals surface area contributed by atoms with E-state index in [1.807, 2.05) is 13.0 Å². The van der Waals surface area contributed by atoms with Crippen molar-refractivity contribution < 1.29 is 50.6 Å². The third-order valence-corrected chi connectivity index (χ3v) is 4.85. The number of rotatable bonds is 4. The van der Waals surface area contributed by atoms with Gasteiger partial charge in [0.2, 0.25) is 0 Å². The minimum atomic E-state index is -5.08. The number of aryl methyl sites for hydroxylation is 1. The molecule has 1 aliphatic rings. The van der Waals surface area contributed by atoms with Crippen molar-refractivity contribution in [2.45, 2.75) is 45.6 Å². The molecule has 0 spiro atoms. The van der Waals surface area contributed by atoms with E-state index in [2.05, 4.69) is 39.8 Å². The Kier molecular flexibility index (Phi) is 11.2. The smallest absolute Gasteiger partial charge is 0.475 e. The van der Waals surface area contributed by atoms with Gasteiger partial charge in [0, 0.05) is 38.7 Å². The van der Waals surface area contributed by atoms with Gasteiger partial charge in [-0.05, 0) is 32.4 Å². The molecule has 1 aliphatic heterocycles. The van der Waals surface area contributed by atoms with E-state index in [1.165, 1.54) is 11.3 Å². The molecule has 36 heavy (non-hydrogen) atoms. The highest BCUT2D eigenvalue weighted by molar-refractivity contribution is 5.73. The molecule has 3 rings (SSSR count). The molecule has 9 nitrogen and oxygen atoms in total. The van der Waals surface area contributed by atoms with Crippen LogP contribution in [0.1, 0.15) is 29.7 Å². The molecule has 0 saturated carbocycles. The molecule has 0 saturated heterocycles. The van der Waals surface area contributed by atoms with Crippen LogP contribution >= 0.6 is 0 Å². The van der Waals surface area contributed by atoms with Crippen LogP contribution in [0.3, 0.4) is 0 Å². The molecule has 0 aromatic carbocycles. The maximum atomic E-state index is 10.6. The third-order valence-electron chi connectivity index (χ3n) is 4.85. The summed E-state index contributed by atoms with van der Waals surface area (Å²) in [7, 11) is 2.09. The summed E-state index contributed by atoms with van der Waals surface area (Å²) in [6.07, 6.45) is -6.50. The Balaban J connectivity index is 0.000000383. The molecule has 2 aromatic heterocycles. The first-order valence-electron chi connectivity index (χ1n) is 10.5. The van der Waals surface area contributed by atoms with Crippen molar-refractivity contribution >= 4 is 17.8 Å². The summed E-state index contributed by atoms with van der Waals surface area (Å²) in [5, 5.41) is 14.2. The molecule has 0 atom stereocenters. The van der Waals surface area contributed by atoms with Gasteiger partial charge < -0.3 is 19.5 Å². The van der Waals surface area contributed by atoms with Crippen LogP contribution < -0.4 is 4.90 Å². The summed E-state index contributed by atoms with van der Waals surface area (Å²) in [4.78, 5) is 31.4. The lowest BCUT2D eigenvalue weighted by Gasteiger charge is -2.20. The highest BCUT2D eigenvalue weighted by Gasteiger charge is 2.38. The Morgan fingerprint density at radius 2 is 1.56 bits per heavy atom. The minimum absolute atomic E-state index is 0.869. The topological polar surface area (TPSA) is 120 Å². The van der Waals surface area contributed by atoms with Crippen LogP contribution in [-0.4, -0.2) is 76.1 Å². The number of anilines is 1. The predicted molar refractivity (Wildman–Crippen MR) is 114 cm³/mol. The van der Waals surface area contributed by atoms with Gasteiger partial charge in [-0.3, -0.25) is 4.90 Å². The molecule has 0 fully saturated rings. The van der Waals surface area contributed by atoms with Crippen molar-refractivity contribution in [1.29, 1.82) is 0 Å². The highest BCUT2D eigenvalue weighted by atomic mass is 19.4. The summed E-state index contributed by atoms with van der Waals surface area (Å²) in [5.41, 5.74) is 2.51. The molecule has 3 heterocycles. The monoisotopic (exact) mass is 528 g/mol. The van der Waals surface area contributed by atoms with Gasteiger partial charge in [-0.2, -0.15) is 26.3 Å². The van der Waals surface area contributed by atoms with Crippen LogP contribution in [0.2, 0.25) is 0 Å². The van der Waals surface area contributed by atoms with Crippen molar-refractivity contribution in [3.63, 3.8) is 0 Å². The fourth-order valence-electron chi connectivity index (χ4n) is 2.98. The van der Waals surface area contributed by atoms with Gasteiger partial charge in [0.15, 0.2) is 0 Å². The van der Waals surface area contributed by atoms with Crippen molar-refractivity contribution in [2.75, 3.05) is 31.6 Å². The number of carboxylic acids is 2. The highest BCUT2D eigenvalue weighted by Crippen LogP contribution is 2.23. The number of halogens is 6. The number of aliphatic carboxylic acids is 2. The van der Waals surface area contributed by atoms with Crippen molar-refractivity contribution in [1.82, 2.24) is 14.9 Å². The number of aromatic nitrogens is 2. The summed E-state index contributed by atoms with van der Waals surface area (Å²) in [6.45, 7) is 8.00. The standard InChI is InChI=1S/C17H24N4O.2C2HF3O2/c1-4-20(3)17-15-7-9-21(10-8-16(15)18-12-19-17)11-14-6-5-13(2)22-14;2*3-2(4,5)1(6)7/h5-6,12H,4,7-11H2,1-3H3;2*(H,6,7). The van der Waals surface area contributed by atoms with Gasteiger partial charge in [-0.25, -0.2) is 19.6 Å². The third kappa shape index (κ3) is 10.1. The number of carboxylic acid groups (broad SMARTS) is 2. The molecule has 0 aliphatic carbocycles. The fraction of sp³-hybridized carbons (Fsp3) is 0.524. The number of nitrogens with zero attached hydrogens (tertiary/aromatic N) is 4. The molecular weight excluding hydrogens is 502 g/mol. The van der Waals surface area contributed by atoms with E-state index in [-0.39, 0.29) is 0 Å². The van der Waals surface area contributed by atoms with Gasteiger partial charge in [-0.1, -0.05) is 0 Å². The van der Waals surface area contributed by atoms with Crippen LogP contribution in [-0.2, 0) is 29.0 Å². The molecule has 0 amide bonds. The van der Waals surface area contributed by atoms with E-state index in [0.29, 0.717) is 0 Å². The molecule has 202 valence electrons. The van der Waals surface area contributed by atoms with E-state index in [1.54, 1.807) is 6.33 Å². The zero-order chi connectivity index (χ0) is 27.7. The Hall–Kier alpha value is -3.36. The molecule has 15 heteroatoms. The number of hydrogen-bond donors (Lipinski definition) is 2. The largest absolute Gasteiger partial charge is 0.490 e. The van der Waals surface area contributed by atoms with E-state index in [9.17, 15) is 26.3 Å². The molecule has 2 aromatic rings. The SMILES string of the molecule is CCN(C)c1ncnc2c1CCN(Cc1ccc(C)o1)CC2.O=C(O)C(F)(F)F.O=C(O)C(F)(F)F. The van der Waals surface area contributed by atoms with Crippen LogP contribution in [0.4, 0.5) is 32.2 Å². The van der Waals surface area contributed by atoms with Gasteiger partial charge in [0.25, 0.3) is 0 Å². The Bertz CT molecular complexity index is 985. The van der Waals surface area contributed by atoms with Crippen molar-refractivity contribution in [3.8, 4) is 0 Å². The lowest BCUT2D eigenvalue weighted by Crippen LogP contribution is -2.26. The second kappa shape index (κ2) is 13.1. The van der Waals surface area contributed by atoms with Gasteiger partial charge in [-0.15, -0.1) is 0 Å². The first-order chi connectivity index (χ1) is 16.6. The Labute approximate surface area is 202 Å².